The van der Waals surface area contributed by atoms with Gasteiger partial charge in [-0.1, -0.05) is 29.5 Å². The third kappa shape index (κ3) is 2.50. The van der Waals surface area contributed by atoms with Crippen LogP contribution in [-0.4, -0.2) is 26.4 Å². The molecule has 0 aliphatic carbocycles. The summed E-state index contributed by atoms with van der Waals surface area (Å²) in [5, 5.41) is 10.7. The van der Waals surface area contributed by atoms with Gasteiger partial charge in [0.2, 0.25) is 0 Å². The molecule has 3 heterocycles. The largest absolute Gasteiger partial charge is 0.289 e. The number of nitrogens with zero attached hydrogens (tertiary/aromatic N) is 4. The van der Waals surface area contributed by atoms with E-state index in [2.05, 4.69) is 32.7 Å². The third-order valence-corrected chi connectivity index (χ3v) is 4.90. The zero-order valence-electron chi connectivity index (χ0n) is 11.6. The molecule has 21 heavy (non-hydrogen) atoms. The molecular weight excluding hydrogens is 280 g/mol. The zero-order valence-corrected chi connectivity index (χ0v) is 12.4. The average Bonchev–Trinajstić information content (AvgIpc) is 3.16. The van der Waals surface area contributed by atoms with E-state index in [4.69, 9.17) is 0 Å². The predicted octanol–water partition coefficient (Wildman–Crippen LogP) is 3.28. The molecule has 1 atom stereocenters. The lowest BCUT2D eigenvalue weighted by atomic mass is 10.0. The van der Waals surface area contributed by atoms with Crippen molar-refractivity contribution in [3.63, 3.8) is 0 Å². The first-order chi connectivity index (χ1) is 10.4. The SMILES string of the molecule is c1ccc(-n2cc(CN3CC[C@H]3c3cccs3)nn2)cc1. The summed E-state index contributed by atoms with van der Waals surface area (Å²) in [6.45, 7) is 2.01. The Labute approximate surface area is 127 Å². The Morgan fingerprint density at radius 1 is 1.14 bits per heavy atom. The van der Waals surface area contributed by atoms with Crippen molar-refractivity contribution in [3.8, 4) is 5.69 Å². The molecular formula is C16H16N4S. The second-order valence-electron chi connectivity index (χ2n) is 5.28. The van der Waals surface area contributed by atoms with Crippen molar-refractivity contribution in [2.45, 2.75) is 19.0 Å². The normalized spacial score (nSPS) is 18.6. The summed E-state index contributed by atoms with van der Waals surface area (Å²) in [4.78, 5) is 3.92. The fourth-order valence-corrected chi connectivity index (χ4v) is 3.61. The lowest BCUT2D eigenvalue weighted by molar-refractivity contribution is 0.0830. The van der Waals surface area contributed by atoms with Gasteiger partial charge in [0.25, 0.3) is 0 Å². The van der Waals surface area contributed by atoms with E-state index in [9.17, 15) is 0 Å². The minimum Gasteiger partial charge on any atom is -0.289 e. The molecule has 1 saturated heterocycles. The summed E-state index contributed by atoms with van der Waals surface area (Å²) < 4.78 is 1.84. The molecule has 4 nitrogen and oxygen atoms in total. The molecule has 4 rings (SSSR count). The van der Waals surface area contributed by atoms with E-state index in [1.54, 1.807) is 0 Å². The number of hydrogen-bond donors (Lipinski definition) is 0. The summed E-state index contributed by atoms with van der Waals surface area (Å²) in [5.74, 6) is 0. The van der Waals surface area contributed by atoms with Crippen LogP contribution in [0.15, 0.2) is 54.0 Å². The molecule has 0 bridgehead atoms. The molecule has 1 aromatic carbocycles. The second-order valence-corrected chi connectivity index (χ2v) is 6.26. The van der Waals surface area contributed by atoms with E-state index >= 15 is 0 Å². The monoisotopic (exact) mass is 296 g/mol. The highest BCUT2D eigenvalue weighted by molar-refractivity contribution is 7.10. The third-order valence-electron chi connectivity index (χ3n) is 3.93. The predicted molar refractivity (Wildman–Crippen MR) is 83.4 cm³/mol. The maximum absolute atomic E-state index is 4.30. The van der Waals surface area contributed by atoms with E-state index < -0.39 is 0 Å². The first kappa shape index (κ1) is 12.7. The van der Waals surface area contributed by atoms with Crippen molar-refractivity contribution >= 4 is 11.3 Å². The summed E-state index contributed by atoms with van der Waals surface area (Å²) in [7, 11) is 0. The minimum absolute atomic E-state index is 0.562. The van der Waals surface area contributed by atoms with Gasteiger partial charge in [-0.25, -0.2) is 4.68 Å². The van der Waals surface area contributed by atoms with Crippen LogP contribution in [0.4, 0.5) is 0 Å². The lowest BCUT2D eigenvalue weighted by Crippen LogP contribution is -2.39. The maximum atomic E-state index is 4.30. The first-order valence-corrected chi connectivity index (χ1v) is 8.02. The Balaban J connectivity index is 1.48. The van der Waals surface area contributed by atoms with E-state index in [0.717, 1.165) is 24.5 Å². The first-order valence-electron chi connectivity index (χ1n) is 7.14. The molecule has 0 saturated carbocycles. The zero-order chi connectivity index (χ0) is 14.1. The summed E-state index contributed by atoms with van der Waals surface area (Å²) in [6, 6.07) is 15.0. The van der Waals surface area contributed by atoms with Crippen molar-refractivity contribution in [3.05, 3.63) is 64.6 Å². The highest BCUT2D eigenvalue weighted by Crippen LogP contribution is 2.36. The van der Waals surface area contributed by atoms with E-state index in [-0.39, 0.29) is 0 Å². The molecule has 0 unspecified atom stereocenters. The van der Waals surface area contributed by atoms with Gasteiger partial charge in [0.15, 0.2) is 0 Å². The number of thiophene rings is 1. The minimum atomic E-state index is 0.562. The van der Waals surface area contributed by atoms with E-state index in [0.29, 0.717) is 6.04 Å². The van der Waals surface area contributed by atoms with Crippen LogP contribution in [-0.2, 0) is 6.54 Å². The molecule has 2 aromatic heterocycles. The van der Waals surface area contributed by atoms with Gasteiger partial charge in [-0.15, -0.1) is 16.4 Å². The number of hydrogen-bond acceptors (Lipinski definition) is 4. The maximum Gasteiger partial charge on any atom is 0.0972 e. The Morgan fingerprint density at radius 3 is 2.76 bits per heavy atom. The van der Waals surface area contributed by atoms with Crippen LogP contribution in [0.3, 0.4) is 0 Å². The van der Waals surface area contributed by atoms with Crippen LogP contribution in [0, 0.1) is 0 Å². The van der Waals surface area contributed by atoms with Crippen LogP contribution >= 0.6 is 11.3 Å². The van der Waals surface area contributed by atoms with Gasteiger partial charge in [0.05, 0.1) is 17.6 Å². The van der Waals surface area contributed by atoms with Gasteiger partial charge in [0, 0.05) is 24.0 Å². The number of likely N-dealkylation sites (tertiary alicyclic amines) is 1. The Bertz CT molecular complexity index is 705. The van der Waals surface area contributed by atoms with Gasteiger partial charge >= 0.3 is 0 Å². The summed E-state index contributed by atoms with van der Waals surface area (Å²) >= 11 is 1.84. The lowest BCUT2D eigenvalue weighted by Gasteiger charge is -2.39. The number of aromatic nitrogens is 3. The van der Waals surface area contributed by atoms with Crippen molar-refractivity contribution < 1.29 is 0 Å². The van der Waals surface area contributed by atoms with Crippen LogP contribution in [0.2, 0.25) is 0 Å². The number of benzene rings is 1. The highest BCUT2D eigenvalue weighted by Gasteiger charge is 2.30. The van der Waals surface area contributed by atoms with Gasteiger partial charge in [-0.2, -0.15) is 0 Å². The highest BCUT2D eigenvalue weighted by atomic mass is 32.1. The molecule has 0 spiro atoms. The van der Waals surface area contributed by atoms with E-state index in [1.165, 1.54) is 11.3 Å². The topological polar surface area (TPSA) is 34.0 Å². The van der Waals surface area contributed by atoms with Gasteiger partial charge in [-0.3, -0.25) is 4.90 Å². The van der Waals surface area contributed by atoms with Crippen LogP contribution in [0.25, 0.3) is 5.69 Å². The Morgan fingerprint density at radius 2 is 2.05 bits per heavy atom. The van der Waals surface area contributed by atoms with Crippen LogP contribution < -0.4 is 0 Å². The molecule has 0 N–H and O–H groups in total. The van der Waals surface area contributed by atoms with Crippen LogP contribution in [0.5, 0.6) is 0 Å². The van der Waals surface area contributed by atoms with Crippen molar-refractivity contribution in [1.82, 2.24) is 19.9 Å². The second kappa shape index (κ2) is 5.42. The van der Waals surface area contributed by atoms with Gasteiger partial charge in [0.1, 0.15) is 0 Å². The smallest absolute Gasteiger partial charge is 0.0972 e. The quantitative estimate of drug-likeness (QED) is 0.741. The summed E-state index contributed by atoms with van der Waals surface area (Å²) in [6.07, 6.45) is 3.27. The van der Waals surface area contributed by atoms with Crippen molar-refractivity contribution in [1.29, 1.82) is 0 Å². The Hall–Kier alpha value is -1.98. The number of para-hydroxylation sites is 1. The van der Waals surface area contributed by atoms with Crippen LogP contribution in [0.1, 0.15) is 23.0 Å². The van der Waals surface area contributed by atoms with Gasteiger partial charge in [-0.05, 0) is 30.0 Å². The number of rotatable bonds is 4. The average molecular weight is 296 g/mol. The fourth-order valence-electron chi connectivity index (χ4n) is 2.72. The molecule has 0 radical (unpaired) electrons. The molecule has 1 aliphatic rings. The van der Waals surface area contributed by atoms with E-state index in [1.807, 2.05) is 52.5 Å². The summed E-state index contributed by atoms with van der Waals surface area (Å²) in [5.41, 5.74) is 2.08. The van der Waals surface area contributed by atoms with Crippen molar-refractivity contribution in [2.75, 3.05) is 6.54 Å². The fraction of sp³-hybridized carbons (Fsp3) is 0.250. The van der Waals surface area contributed by atoms with Crippen molar-refractivity contribution in [2.24, 2.45) is 0 Å². The molecule has 3 aromatic rings. The Kier molecular flexibility index (Phi) is 3.29. The molecule has 0 amide bonds. The molecule has 106 valence electrons. The molecule has 5 heteroatoms. The molecule has 1 aliphatic heterocycles. The van der Waals surface area contributed by atoms with Gasteiger partial charge < -0.3 is 0 Å². The molecule has 1 fully saturated rings. The standard InChI is InChI=1S/C16H16N4S/c1-2-5-14(6-3-1)20-12-13(17-18-20)11-19-9-8-15(19)16-7-4-10-21-16/h1-7,10,12,15H,8-9,11H2/t15-/m0/s1.